The number of morpholine rings is 1. The predicted octanol–water partition coefficient (Wildman–Crippen LogP) is 1.21. The Bertz CT molecular complexity index is 325. The molecule has 15 heavy (non-hydrogen) atoms. The van der Waals surface area contributed by atoms with E-state index in [4.69, 9.17) is 9.84 Å². The van der Waals surface area contributed by atoms with Crippen molar-refractivity contribution in [2.45, 2.75) is 6.10 Å². The minimum atomic E-state index is -0.777. The van der Waals surface area contributed by atoms with Gasteiger partial charge in [0.1, 0.15) is 0 Å². The lowest BCUT2D eigenvalue weighted by atomic mass is 10.1. The summed E-state index contributed by atoms with van der Waals surface area (Å²) in [5.41, 5.74) is 1.15. The molecule has 1 saturated heterocycles. The first-order valence-electron chi connectivity index (χ1n) is 4.83. The van der Waals surface area contributed by atoms with Crippen LogP contribution in [0.4, 0.5) is 0 Å². The topological polar surface area (TPSA) is 49.8 Å². The highest BCUT2D eigenvalue weighted by Gasteiger charge is 2.23. The monoisotopic (exact) mass is 227 g/mol. The highest BCUT2D eigenvalue weighted by atomic mass is 32.1. The summed E-state index contributed by atoms with van der Waals surface area (Å²) in [6.45, 7) is 2.08. The number of carbonyl (C=O) groups is 1. The van der Waals surface area contributed by atoms with Gasteiger partial charge in [0.2, 0.25) is 0 Å². The zero-order valence-electron chi connectivity index (χ0n) is 8.26. The molecular weight excluding hydrogens is 214 g/mol. The second kappa shape index (κ2) is 4.74. The van der Waals surface area contributed by atoms with Crippen LogP contribution in [0.15, 0.2) is 16.8 Å². The van der Waals surface area contributed by atoms with Crippen molar-refractivity contribution in [2.75, 3.05) is 26.2 Å². The first-order chi connectivity index (χ1) is 7.25. The molecule has 1 fully saturated rings. The number of thiophene rings is 1. The third kappa shape index (κ3) is 2.77. The Morgan fingerprint density at radius 2 is 2.60 bits per heavy atom. The molecule has 1 aliphatic rings. The summed E-state index contributed by atoms with van der Waals surface area (Å²) in [5, 5.41) is 12.8. The van der Waals surface area contributed by atoms with Gasteiger partial charge in [-0.2, -0.15) is 11.3 Å². The number of hydrogen-bond donors (Lipinski definition) is 1. The molecule has 1 N–H and O–H groups in total. The Morgan fingerprint density at radius 3 is 3.27 bits per heavy atom. The first-order valence-corrected chi connectivity index (χ1v) is 5.78. The van der Waals surface area contributed by atoms with Crippen LogP contribution in [0.2, 0.25) is 0 Å². The molecule has 1 aliphatic heterocycles. The van der Waals surface area contributed by atoms with E-state index in [9.17, 15) is 4.79 Å². The lowest BCUT2D eigenvalue weighted by molar-refractivity contribution is -0.140. The predicted molar refractivity (Wildman–Crippen MR) is 57.1 cm³/mol. The van der Waals surface area contributed by atoms with Crippen LogP contribution in [0.25, 0.3) is 0 Å². The fourth-order valence-corrected chi connectivity index (χ4v) is 2.40. The number of carboxylic acids is 1. The van der Waals surface area contributed by atoms with Crippen LogP contribution in [-0.2, 0) is 9.53 Å². The lowest BCUT2D eigenvalue weighted by Gasteiger charge is -2.31. The van der Waals surface area contributed by atoms with Gasteiger partial charge in [-0.05, 0) is 22.4 Å². The van der Waals surface area contributed by atoms with E-state index in [2.05, 4.69) is 5.38 Å². The van der Waals surface area contributed by atoms with Crippen molar-refractivity contribution in [2.24, 2.45) is 0 Å². The summed E-state index contributed by atoms with van der Waals surface area (Å²) in [5.74, 6) is -0.777. The lowest BCUT2D eigenvalue weighted by Crippen LogP contribution is -2.41. The largest absolute Gasteiger partial charge is 0.480 e. The summed E-state index contributed by atoms with van der Waals surface area (Å²) >= 11 is 1.63. The molecule has 0 radical (unpaired) electrons. The summed E-state index contributed by atoms with van der Waals surface area (Å²) in [6.07, 6.45) is 0.0318. The van der Waals surface area contributed by atoms with Crippen molar-refractivity contribution in [3.8, 4) is 0 Å². The molecule has 1 aromatic heterocycles. The molecule has 82 valence electrons. The Morgan fingerprint density at radius 1 is 1.73 bits per heavy atom. The minimum Gasteiger partial charge on any atom is -0.480 e. The fraction of sp³-hybridized carbons (Fsp3) is 0.500. The second-order valence-electron chi connectivity index (χ2n) is 3.54. The highest BCUT2D eigenvalue weighted by Crippen LogP contribution is 2.23. The van der Waals surface area contributed by atoms with Gasteiger partial charge < -0.3 is 9.84 Å². The molecule has 0 spiro atoms. The summed E-state index contributed by atoms with van der Waals surface area (Å²) < 4.78 is 5.61. The van der Waals surface area contributed by atoms with E-state index >= 15 is 0 Å². The summed E-state index contributed by atoms with van der Waals surface area (Å²) in [7, 11) is 0. The van der Waals surface area contributed by atoms with Crippen LogP contribution in [-0.4, -0.2) is 42.2 Å². The van der Waals surface area contributed by atoms with Crippen molar-refractivity contribution < 1.29 is 14.6 Å². The average molecular weight is 227 g/mol. The third-order valence-electron chi connectivity index (χ3n) is 2.42. The van der Waals surface area contributed by atoms with Gasteiger partial charge in [-0.15, -0.1) is 0 Å². The molecule has 1 unspecified atom stereocenters. The summed E-state index contributed by atoms with van der Waals surface area (Å²) in [4.78, 5) is 12.5. The zero-order valence-corrected chi connectivity index (χ0v) is 9.07. The molecule has 1 atom stereocenters. The molecule has 4 nitrogen and oxygen atoms in total. The van der Waals surface area contributed by atoms with Crippen LogP contribution in [0.5, 0.6) is 0 Å². The SMILES string of the molecule is O=C(O)CN1CCOC(c2ccsc2)C1. The molecule has 0 aromatic carbocycles. The molecule has 0 aliphatic carbocycles. The van der Waals surface area contributed by atoms with E-state index in [1.54, 1.807) is 11.3 Å². The number of rotatable bonds is 3. The van der Waals surface area contributed by atoms with Gasteiger partial charge in [-0.3, -0.25) is 9.69 Å². The Kier molecular flexibility index (Phi) is 3.35. The van der Waals surface area contributed by atoms with Gasteiger partial charge in [0.05, 0.1) is 19.3 Å². The van der Waals surface area contributed by atoms with Crippen LogP contribution < -0.4 is 0 Å². The van der Waals surface area contributed by atoms with E-state index < -0.39 is 5.97 Å². The number of nitrogens with zero attached hydrogens (tertiary/aromatic N) is 1. The number of carboxylic acid groups (broad SMARTS) is 1. The zero-order chi connectivity index (χ0) is 10.7. The van der Waals surface area contributed by atoms with Crippen molar-refractivity contribution in [3.05, 3.63) is 22.4 Å². The van der Waals surface area contributed by atoms with E-state index in [0.29, 0.717) is 19.7 Å². The normalized spacial score (nSPS) is 22.8. The molecular formula is C10H13NO3S. The average Bonchev–Trinajstić information content (AvgIpc) is 2.69. The van der Waals surface area contributed by atoms with E-state index in [0.717, 1.165) is 5.56 Å². The summed E-state index contributed by atoms with van der Waals surface area (Å²) in [6, 6.07) is 2.03. The molecule has 2 rings (SSSR count). The van der Waals surface area contributed by atoms with Crippen molar-refractivity contribution in [3.63, 3.8) is 0 Å². The fourth-order valence-electron chi connectivity index (χ4n) is 1.70. The minimum absolute atomic E-state index is 0.0318. The molecule has 5 heteroatoms. The molecule has 1 aromatic rings. The van der Waals surface area contributed by atoms with Crippen molar-refractivity contribution in [1.82, 2.24) is 4.90 Å². The van der Waals surface area contributed by atoms with Crippen LogP contribution in [0, 0.1) is 0 Å². The number of hydrogen-bond acceptors (Lipinski definition) is 4. The Labute approximate surface area is 92.1 Å². The Hall–Kier alpha value is -0.910. The Balaban J connectivity index is 1.95. The van der Waals surface area contributed by atoms with Gasteiger partial charge in [-0.1, -0.05) is 0 Å². The second-order valence-corrected chi connectivity index (χ2v) is 4.33. The van der Waals surface area contributed by atoms with Gasteiger partial charge in [0, 0.05) is 13.1 Å². The molecule has 0 bridgehead atoms. The van der Waals surface area contributed by atoms with Crippen molar-refractivity contribution >= 4 is 17.3 Å². The van der Waals surface area contributed by atoms with Gasteiger partial charge in [0.15, 0.2) is 0 Å². The number of ether oxygens (including phenoxy) is 1. The van der Waals surface area contributed by atoms with Gasteiger partial charge in [0.25, 0.3) is 0 Å². The van der Waals surface area contributed by atoms with Crippen LogP contribution >= 0.6 is 11.3 Å². The molecule has 0 amide bonds. The highest BCUT2D eigenvalue weighted by molar-refractivity contribution is 7.07. The number of aliphatic carboxylic acids is 1. The maximum absolute atomic E-state index is 10.6. The van der Waals surface area contributed by atoms with Crippen molar-refractivity contribution in [1.29, 1.82) is 0 Å². The molecule has 0 saturated carbocycles. The smallest absolute Gasteiger partial charge is 0.317 e. The first kappa shape index (κ1) is 10.6. The van der Waals surface area contributed by atoms with E-state index in [1.165, 1.54) is 0 Å². The standard InChI is InChI=1S/C10H13NO3S/c12-10(13)6-11-2-3-14-9(5-11)8-1-4-15-7-8/h1,4,7,9H,2-3,5-6H2,(H,12,13). The van der Waals surface area contributed by atoms with Crippen LogP contribution in [0.3, 0.4) is 0 Å². The quantitative estimate of drug-likeness (QED) is 0.843. The maximum Gasteiger partial charge on any atom is 0.317 e. The van der Waals surface area contributed by atoms with Gasteiger partial charge >= 0.3 is 5.97 Å². The van der Waals surface area contributed by atoms with E-state index in [1.807, 2.05) is 16.3 Å². The maximum atomic E-state index is 10.6. The third-order valence-corrected chi connectivity index (χ3v) is 3.13. The van der Waals surface area contributed by atoms with Crippen LogP contribution in [0.1, 0.15) is 11.7 Å². The molecule has 2 heterocycles. The van der Waals surface area contributed by atoms with Gasteiger partial charge in [-0.25, -0.2) is 0 Å². The van der Waals surface area contributed by atoms with E-state index in [-0.39, 0.29) is 12.6 Å².